The Morgan fingerprint density at radius 3 is 1.57 bits per heavy atom. The lowest BCUT2D eigenvalue weighted by atomic mass is 10.0. The fourth-order valence-electron chi connectivity index (χ4n) is 1.48. The van der Waals surface area contributed by atoms with Crippen LogP contribution in [0, 0.1) is 29.5 Å². The number of hydrogen-bond acceptors (Lipinski definition) is 2. The first-order valence-corrected chi connectivity index (χ1v) is 5.52. The number of halogens is 1. The van der Waals surface area contributed by atoms with Crippen LogP contribution in [0.1, 0.15) is 0 Å². The Balaban J connectivity index is 2.38. The van der Waals surface area contributed by atoms with Crippen molar-refractivity contribution >= 4 is 15.9 Å². The highest BCUT2D eigenvalue weighted by atomic mass is 79.9. The zero-order valence-electron chi connectivity index (χ0n) is 9.34. The molecule has 0 spiro atoms. The molecule has 0 amide bonds. The van der Waals surface area contributed by atoms with Crippen molar-refractivity contribution in [1.29, 1.82) is 0 Å². The third-order valence-corrected chi connectivity index (χ3v) is 3.04. The molecule has 1 fully saturated rings. The van der Waals surface area contributed by atoms with Crippen molar-refractivity contribution in [1.82, 2.24) is 9.80 Å². The minimum Gasteiger partial charge on any atom is -0.309 e. The Labute approximate surface area is 96.8 Å². The highest BCUT2D eigenvalue weighted by Crippen LogP contribution is 2.45. The van der Waals surface area contributed by atoms with Crippen molar-refractivity contribution < 1.29 is 0 Å². The highest BCUT2D eigenvalue weighted by molar-refractivity contribution is 9.11. The van der Waals surface area contributed by atoms with Crippen LogP contribution in [0.25, 0.3) is 0 Å². The van der Waals surface area contributed by atoms with Crippen molar-refractivity contribution in [2.24, 2.45) is 0 Å². The van der Waals surface area contributed by atoms with Gasteiger partial charge in [0, 0.05) is 24.9 Å². The fraction of sp³-hybridized carbons (Fsp3) is 0.545. The van der Waals surface area contributed by atoms with Crippen molar-refractivity contribution in [3.8, 4) is 0 Å². The number of rotatable bonds is 4. The first-order chi connectivity index (χ1) is 6.50. The smallest absolute Gasteiger partial charge is 0.0578 e. The number of hydrogen-bond donors (Lipinski definition) is 0. The Kier molecular flexibility index (Phi) is 4.88. The number of nitrogens with zero attached hydrogens (tertiary/aromatic N) is 2. The molecule has 2 nitrogen and oxygen atoms in total. The van der Waals surface area contributed by atoms with Crippen molar-refractivity contribution in [2.45, 2.75) is 0 Å². The monoisotopic (exact) mass is 257 g/mol. The van der Waals surface area contributed by atoms with Gasteiger partial charge in [-0.25, -0.2) is 0 Å². The van der Waals surface area contributed by atoms with Gasteiger partial charge in [0.05, 0.1) is 4.83 Å². The summed E-state index contributed by atoms with van der Waals surface area (Å²) in [6.07, 6.45) is 4.39. The van der Waals surface area contributed by atoms with E-state index in [9.17, 15) is 0 Å². The van der Waals surface area contributed by atoms with E-state index >= 15 is 0 Å². The second-order valence-electron chi connectivity index (χ2n) is 4.17. The largest absolute Gasteiger partial charge is 0.309 e. The van der Waals surface area contributed by atoms with Gasteiger partial charge < -0.3 is 9.80 Å². The zero-order chi connectivity index (χ0) is 10.7. The van der Waals surface area contributed by atoms with E-state index in [0.717, 1.165) is 13.1 Å². The Hall–Kier alpha value is 0.400. The van der Waals surface area contributed by atoms with E-state index in [1.165, 1.54) is 16.7 Å². The molecule has 0 aromatic rings. The first-order valence-electron chi connectivity index (χ1n) is 4.73. The first kappa shape index (κ1) is 12.5. The minimum atomic E-state index is 0.994. The van der Waals surface area contributed by atoms with Crippen LogP contribution < -0.4 is 0 Å². The summed E-state index contributed by atoms with van der Waals surface area (Å²) in [5, 5.41) is 0. The van der Waals surface area contributed by atoms with Crippen LogP contribution in [0.5, 0.6) is 0 Å². The Morgan fingerprint density at radius 2 is 1.29 bits per heavy atom. The van der Waals surface area contributed by atoms with Gasteiger partial charge in [0.1, 0.15) is 0 Å². The molecule has 0 aromatic carbocycles. The minimum absolute atomic E-state index is 0.994. The maximum absolute atomic E-state index is 3.65. The molecule has 1 rings (SSSR count). The van der Waals surface area contributed by atoms with Gasteiger partial charge in [-0.15, -0.1) is 0 Å². The molecule has 1 aliphatic rings. The highest BCUT2D eigenvalue weighted by Gasteiger charge is 2.36. The molecule has 14 heavy (non-hydrogen) atoms. The van der Waals surface area contributed by atoms with Crippen LogP contribution in [0.4, 0.5) is 0 Å². The lowest BCUT2D eigenvalue weighted by Gasteiger charge is -2.22. The molecule has 0 bridgehead atoms. The van der Waals surface area contributed by atoms with Crippen LogP contribution >= 0.6 is 15.9 Å². The predicted molar refractivity (Wildman–Crippen MR) is 64.4 cm³/mol. The lowest BCUT2D eigenvalue weighted by Crippen LogP contribution is -2.24. The van der Waals surface area contributed by atoms with E-state index < -0.39 is 0 Å². The van der Waals surface area contributed by atoms with Gasteiger partial charge in [-0.05, 0) is 41.0 Å². The van der Waals surface area contributed by atoms with E-state index in [2.05, 4.69) is 66.8 Å². The second-order valence-corrected chi connectivity index (χ2v) is 4.97. The predicted octanol–water partition coefficient (Wildman–Crippen LogP) is 1.61. The fourth-order valence-corrected chi connectivity index (χ4v) is 1.99. The molecule has 79 valence electrons. The summed E-state index contributed by atoms with van der Waals surface area (Å²) in [5.74, 6) is 2.73. The Morgan fingerprint density at radius 1 is 0.929 bits per heavy atom. The van der Waals surface area contributed by atoms with E-state index in [4.69, 9.17) is 0 Å². The van der Waals surface area contributed by atoms with Crippen molar-refractivity contribution in [3.05, 3.63) is 29.5 Å². The van der Waals surface area contributed by atoms with Gasteiger partial charge in [-0.1, -0.05) is 15.9 Å². The molecule has 0 aliphatic heterocycles. The molecule has 0 saturated heterocycles. The summed E-state index contributed by atoms with van der Waals surface area (Å²) in [4.78, 5) is 5.62. The molecule has 3 heteroatoms. The standard InChI is InChI=1S/C11H18BrN2/c1-13(2)7-9-5-6-10(11(9)12)8-14(3)4/h5-6H,7-8H2,1-4H3. The SMILES string of the molecule is CN(C)C[C]1[CH][CH][C](CN(C)C)[C]1Br. The molecule has 0 atom stereocenters. The van der Waals surface area contributed by atoms with Gasteiger partial charge in [0.15, 0.2) is 0 Å². The van der Waals surface area contributed by atoms with Crippen LogP contribution in [0.3, 0.4) is 0 Å². The van der Waals surface area contributed by atoms with Gasteiger partial charge in [-0.3, -0.25) is 0 Å². The maximum Gasteiger partial charge on any atom is 0.0578 e. The summed E-state index contributed by atoms with van der Waals surface area (Å²) < 4.78 is 0. The van der Waals surface area contributed by atoms with Gasteiger partial charge >= 0.3 is 0 Å². The van der Waals surface area contributed by atoms with Crippen LogP contribution in [-0.4, -0.2) is 51.1 Å². The Bertz CT molecular complexity index is 153. The van der Waals surface area contributed by atoms with E-state index in [1.807, 2.05) is 0 Å². The lowest BCUT2D eigenvalue weighted by molar-refractivity contribution is 0.422. The maximum atomic E-state index is 3.65. The van der Waals surface area contributed by atoms with E-state index in [0.29, 0.717) is 0 Å². The van der Waals surface area contributed by atoms with Crippen molar-refractivity contribution in [2.75, 3.05) is 41.3 Å². The molecule has 0 aromatic heterocycles. The summed E-state index contributed by atoms with van der Waals surface area (Å²) in [6.45, 7) is 1.99. The van der Waals surface area contributed by atoms with Crippen LogP contribution in [0.2, 0.25) is 0 Å². The molecule has 1 saturated carbocycles. The summed E-state index contributed by atoms with van der Waals surface area (Å²) in [6, 6.07) is 0. The van der Waals surface area contributed by atoms with Crippen LogP contribution in [-0.2, 0) is 0 Å². The summed E-state index contributed by atoms with van der Waals surface area (Å²) >= 11 is 3.65. The normalized spacial score (nSPS) is 21.6. The van der Waals surface area contributed by atoms with Gasteiger partial charge in [-0.2, -0.15) is 0 Å². The molecule has 1 aliphatic carbocycles. The molecular weight excluding hydrogens is 240 g/mol. The van der Waals surface area contributed by atoms with Crippen molar-refractivity contribution in [3.63, 3.8) is 0 Å². The zero-order valence-corrected chi connectivity index (χ0v) is 10.9. The second kappa shape index (κ2) is 5.47. The van der Waals surface area contributed by atoms with Gasteiger partial charge in [0.2, 0.25) is 0 Å². The van der Waals surface area contributed by atoms with Gasteiger partial charge in [0.25, 0.3) is 0 Å². The average molecular weight is 258 g/mol. The van der Waals surface area contributed by atoms with E-state index in [1.54, 1.807) is 0 Å². The summed E-state index contributed by atoms with van der Waals surface area (Å²) in [7, 11) is 8.35. The molecular formula is C11H18BrN2. The third-order valence-electron chi connectivity index (χ3n) is 2.02. The van der Waals surface area contributed by atoms with E-state index in [-0.39, 0.29) is 0 Å². The molecule has 5 radical (unpaired) electrons. The molecule has 0 unspecified atom stereocenters. The summed E-state index contributed by atoms with van der Waals surface area (Å²) in [5.41, 5.74) is 0. The molecule has 0 N–H and O–H groups in total. The van der Waals surface area contributed by atoms with Crippen LogP contribution in [0.15, 0.2) is 0 Å². The third kappa shape index (κ3) is 3.52. The quantitative estimate of drug-likeness (QED) is 0.756. The topological polar surface area (TPSA) is 6.48 Å². The molecule has 0 heterocycles. The average Bonchev–Trinajstić information content (AvgIpc) is 2.34.